The average Bonchev–Trinajstić information content (AvgIpc) is 3.39. The largest absolute Gasteiger partial charge is 0.489 e. The number of benzene rings is 1. The highest BCUT2D eigenvalue weighted by Crippen LogP contribution is 2.47. The SMILES string of the molecule is COc1cc(C(=O)NC[C@H](c2cc3c(c(-c4ccc(F)cc4)n2)OC[C@]3(C)C(N)=O)C2CCCC2)cc2cc(C3CC3)nn12. The summed E-state index contributed by atoms with van der Waals surface area (Å²) in [6.45, 7) is 2.23. The molecular weight excluding hydrogens is 561 g/mol. The lowest BCUT2D eigenvalue weighted by atomic mass is 9.80. The van der Waals surface area contributed by atoms with E-state index in [1.807, 2.05) is 18.2 Å². The van der Waals surface area contributed by atoms with Gasteiger partial charge in [-0.15, -0.1) is 0 Å². The molecule has 1 aliphatic heterocycles. The quantitative estimate of drug-likeness (QED) is 0.272. The second-order valence-corrected chi connectivity index (χ2v) is 12.6. The Bertz CT molecular complexity index is 1760. The zero-order chi connectivity index (χ0) is 30.6. The van der Waals surface area contributed by atoms with Crippen LogP contribution in [0, 0.1) is 11.7 Å². The molecule has 7 rings (SSSR count). The van der Waals surface area contributed by atoms with Gasteiger partial charge in [-0.25, -0.2) is 13.9 Å². The number of carbonyl (C=O) groups excluding carboxylic acids is 2. The Morgan fingerprint density at radius 2 is 1.89 bits per heavy atom. The number of rotatable bonds is 9. The van der Waals surface area contributed by atoms with Crippen LogP contribution in [0.5, 0.6) is 11.6 Å². The van der Waals surface area contributed by atoms with Crippen LogP contribution in [0.15, 0.2) is 48.5 Å². The topological polar surface area (TPSA) is 121 Å². The first-order valence-electron chi connectivity index (χ1n) is 15.3. The van der Waals surface area contributed by atoms with Crippen LogP contribution < -0.4 is 20.5 Å². The molecule has 228 valence electrons. The summed E-state index contributed by atoms with van der Waals surface area (Å²) >= 11 is 0. The number of aromatic nitrogens is 3. The Kier molecular flexibility index (Phi) is 7.02. The number of halogens is 1. The number of hydrogen-bond acceptors (Lipinski definition) is 6. The summed E-state index contributed by atoms with van der Waals surface area (Å²) < 4.78 is 27.2. The van der Waals surface area contributed by atoms with Crippen LogP contribution in [0.1, 0.15) is 84.6 Å². The molecule has 0 radical (unpaired) electrons. The molecule has 3 aromatic heterocycles. The van der Waals surface area contributed by atoms with Gasteiger partial charge in [0.1, 0.15) is 29.3 Å². The number of nitrogens with one attached hydrogen (secondary N) is 1. The molecule has 1 aromatic carbocycles. The van der Waals surface area contributed by atoms with E-state index in [1.165, 1.54) is 12.1 Å². The first kappa shape index (κ1) is 28.3. The van der Waals surface area contributed by atoms with E-state index in [2.05, 4.69) is 5.32 Å². The fourth-order valence-corrected chi connectivity index (χ4v) is 6.72. The lowest BCUT2D eigenvalue weighted by Crippen LogP contribution is -2.40. The molecule has 4 heterocycles. The number of nitrogens with zero attached hydrogens (tertiary/aromatic N) is 3. The summed E-state index contributed by atoms with van der Waals surface area (Å²) in [6, 6.07) is 13.6. The van der Waals surface area contributed by atoms with Crippen molar-refractivity contribution in [1.82, 2.24) is 19.9 Å². The molecule has 2 fully saturated rings. The fourth-order valence-electron chi connectivity index (χ4n) is 6.72. The Hall–Kier alpha value is -4.47. The summed E-state index contributed by atoms with van der Waals surface area (Å²) in [7, 11) is 1.58. The Morgan fingerprint density at radius 3 is 2.57 bits per heavy atom. The minimum absolute atomic E-state index is 0.100. The van der Waals surface area contributed by atoms with Gasteiger partial charge in [0.15, 0.2) is 0 Å². The molecule has 3 N–H and O–H groups in total. The van der Waals surface area contributed by atoms with Gasteiger partial charge in [0.25, 0.3) is 5.91 Å². The number of carbonyl (C=O) groups is 2. The Balaban J connectivity index is 1.24. The number of fused-ring (bicyclic) bond motifs is 2. The van der Waals surface area contributed by atoms with Crippen molar-refractivity contribution in [2.75, 3.05) is 20.3 Å². The van der Waals surface area contributed by atoms with Crippen LogP contribution in [-0.4, -0.2) is 46.7 Å². The van der Waals surface area contributed by atoms with Gasteiger partial charge in [0.2, 0.25) is 11.8 Å². The van der Waals surface area contributed by atoms with Gasteiger partial charge in [-0.1, -0.05) is 12.8 Å². The molecule has 0 spiro atoms. The van der Waals surface area contributed by atoms with Crippen molar-refractivity contribution in [3.63, 3.8) is 0 Å². The van der Waals surface area contributed by atoms with E-state index in [9.17, 15) is 14.0 Å². The summed E-state index contributed by atoms with van der Waals surface area (Å²) in [6.07, 6.45) is 6.48. The van der Waals surface area contributed by atoms with Gasteiger partial charge in [0.05, 0.1) is 18.3 Å². The van der Waals surface area contributed by atoms with Crippen LogP contribution in [0.3, 0.4) is 0 Å². The summed E-state index contributed by atoms with van der Waals surface area (Å²) in [4.78, 5) is 31.4. The highest BCUT2D eigenvalue weighted by molar-refractivity contribution is 5.95. The summed E-state index contributed by atoms with van der Waals surface area (Å²) in [5, 5.41) is 7.86. The molecule has 2 aliphatic carbocycles. The van der Waals surface area contributed by atoms with Crippen molar-refractivity contribution in [2.45, 2.75) is 62.7 Å². The minimum atomic E-state index is -1.04. The second-order valence-electron chi connectivity index (χ2n) is 12.6. The number of nitrogens with two attached hydrogens (primary N) is 1. The maximum absolute atomic E-state index is 13.8. The first-order valence-corrected chi connectivity index (χ1v) is 15.3. The third-order valence-electron chi connectivity index (χ3n) is 9.60. The lowest BCUT2D eigenvalue weighted by molar-refractivity contribution is -0.123. The van der Waals surface area contributed by atoms with E-state index >= 15 is 0 Å². The number of amides is 2. The number of pyridine rings is 2. The van der Waals surface area contributed by atoms with Crippen molar-refractivity contribution in [3.05, 3.63) is 76.9 Å². The minimum Gasteiger partial charge on any atom is -0.489 e. The fraction of sp³-hybridized carbons (Fsp3) is 0.412. The number of primary amides is 1. The number of hydrogen-bond donors (Lipinski definition) is 2. The van der Waals surface area contributed by atoms with Gasteiger partial charge < -0.3 is 20.5 Å². The van der Waals surface area contributed by atoms with E-state index in [1.54, 1.807) is 36.7 Å². The van der Waals surface area contributed by atoms with Crippen LogP contribution in [0.25, 0.3) is 16.8 Å². The van der Waals surface area contributed by atoms with E-state index < -0.39 is 11.3 Å². The predicted molar refractivity (Wildman–Crippen MR) is 162 cm³/mol. The van der Waals surface area contributed by atoms with Gasteiger partial charge >= 0.3 is 0 Å². The van der Waals surface area contributed by atoms with Crippen molar-refractivity contribution >= 4 is 17.3 Å². The predicted octanol–water partition coefficient (Wildman–Crippen LogP) is 5.26. The Morgan fingerprint density at radius 1 is 1.14 bits per heavy atom. The van der Waals surface area contributed by atoms with Crippen molar-refractivity contribution < 1.29 is 23.5 Å². The molecule has 2 saturated carbocycles. The smallest absolute Gasteiger partial charge is 0.251 e. The van der Waals surface area contributed by atoms with E-state index in [0.29, 0.717) is 46.5 Å². The molecule has 3 aliphatic rings. The zero-order valence-electron chi connectivity index (χ0n) is 24.9. The molecule has 0 bridgehead atoms. The molecule has 0 saturated heterocycles. The van der Waals surface area contributed by atoms with E-state index in [-0.39, 0.29) is 30.2 Å². The highest BCUT2D eigenvalue weighted by Gasteiger charge is 2.44. The zero-order valence-corrected chi connectivity index (χ0v) is 24.9. The molecule has 44 heavy (non-hydrogen) atoms. The molecule has 4 aromatic rings. The average molecular weight is 598 g/mol. The summed E-state index contributed by atoms with van der Waals surface area (Å²) in [5.41, 5.74) is 9.83. The van der Waals surface area contributed by atoms with Crippen LogP contribution >= 0.6 is 0 Å². The molecule has 10 heteroatoms. The standard InChI is InChI=1S/C34H36FN5O4/c1-34(33(36)42)18-44-31-26(34)16-28(38-30(31)21-9-11-23(35)12-10-21)25(19-5-3-4-6-19)17-37-32(41)22-13-24-15-27(20-7-8-20)39-40(24)29(14-22)43-2/h9-16,19-20,25H,3-8,17-18H2,1-2H3,(H2,36,42)(H,37,41)/t25-,34-/m0/s1. The second kappa shape index (κ2) is 10.9. The first-order chi connectivity index (χ1) is 21.2. The molecule has 2 amide bonds. The summed E-state index contributed by atoms with van der Waals surface area (Å²) in [5.74, 6) is 0.578. The van der Waals surface area contributed by atoms with E-state index in [0.717, 1.165) is 55.4 Å². The van der Waals surface area contributed by atoms with Gasteiger partial charge in [0, 0.05) is 46.8 Å². The van der Waals surface area contributed by atoms with Gasteiger partial charge in [-0.05, 0) is 81.0 Å². The Labute approximate surface area is 254 Å². The monoisotopic (exact) mass is 597 g/mol. The molecule has 2 atom stereocenters. The van der Waals surface area contributed by atoms with Crippen LogP contribution in [0.2, 0.25) is 0 Å². The van der Waals surface area contributed by atoms with Crippen molar-refractivity contribution in [1.29, 1.82) is 0 Å². The van der Waals surface area contributed by atoms with Gasteiger partial charge in [-0.2, -0.15) is 5.10 Å². The van der Waals surface area contributed by atoms with Crippen molar-refractivity contribution in [2.24, 2.45) is 11.7 Å². The normalized spacial score (nSPS) is 20.3. The maximum atomic E-state index is 13.8. The van der Waals surface area contributed by atoms with Crippen LogP contribution in [-0.2, 0) is 10.2 Å². The molecular formula is C34H36FN5O4. The number of ether oxygens (including phenoxy) is 2. The third kappa shape index (κ3) is 4.96. The van der Waals surface area contributed by atoms with E-state index in [4.69, 9.17) is 25.3 Å². The van der Waals surface area contributed by atoms with Crippen LogP contribution in [0.4, 0.5) is 4.39 Å². The van der Waals surface area contributed by atoms with Crippen molar-refractivity contribution in [3.8, 4) is 22.9 Å². The molecule has 0 unspecified atom stereocenters. The molecule has 9 nitrogen and oxygen atoms in total. The lowest BCUT2D eigenvalue weighted by Gasteiger charge is -2.26. The van der Waals surface area contributed by atoms with Gasteiger partial charge in [-0.3, -0.25) is 9.59 Å². The number of methoxy groups -OCH3 is 1. The maximum Gasteiger partial charge on any atom is 0.251 e. The third-order valence-corrected chi connectivity index (χ3v) is 9.60. The highest BCUT2D eigenvalue weighted by atomic mass is 19.1.